The second kappa shape index (κ2) is 20.5. The lowest BCUT2D eigenvalue weighted by molar-refractivity contribution is -0.135. The molecule has 4 aliphatic rings. The van der Waals surface area contributed by atoms with E-state index in [9.17, 15) is 19.2 Å². The van der Waals surface area contributed by atoms with Crippen molar-refractivity contribution in [3.8, 4) is 11.5 Å². The number of carbonyl (C=O) groups is 4. The normalized spacial score (nSPS) is 25.5. The van der Waals surface area contributed by atoms with Crippen LogP contribution in [0.1, 0.15) is 193 Å². The zero-order valence-corrected chi connectivity index (χ0v) is 39.8. The highest BCUT2D eigenvalue weighted by Gasteiger charge is 2.49. The second-order valence-electron chi connectivity index (χ2n) is 21.6. The molecule has 0 aromatic heterocycles. The Morgan fingerprint density at radius 2 is 0.953 bits per heavy atom. The van der Waals surface area contributed by atoms with Crippen LogP contribution in [0.15, 0.2) is 24.3 Å². The summed E-state index contributed by atoms with van der Waals surface area (Å²) >= 11 is 0. The summed E-state index contributed by atoms with van der Waals surface area (Å²) in [6.45, 7) is 15.2. The Bertz CT molecular complexity index is 1870. The SMILES string of the molecule is CC(C)(C)OC(=O)N[C@H]1C2CCCCC[C@]1(C)c1cc(OC(=O)CCCCCCCCC(=O)Oc3cc(F)c4c(c3)[C@@]3(C)CCCCC[C@@H](C4)[C@@H]3NC(=O)OC(C)(C)C)cc(F)c1C2. The molecule has 2 N–H and O–H groups in total. The van der Waals surface area contributed by atoms with Gasteiger partial charge >= 0.3 is 24.1 Å². The van der Waals surface area contributed by atoms with Crippen molar-refractivity contribution < 1.29 is 46.9 Å². The molecule has 6 atom stereocenters. The summed E-state index contributed by atoms with van der Waals surface area (Å²) in [7, 11) is 0. The van der Waals surface area contributed by atoms with E-state index >= 15 is 8.78 Å². The van der Waals surface area contributed by atoms with Gasteiger partial charge in [-0.3, -0.25) is 9.59 Å². The van der Waals surface area contributed by atoms with E-state index in [1.54, 1.807) is 12.1 Å². The summed E-state index contributed by atoms with van der Waals surface area (Å²) in [4.78, 5) is 52.0. The number of alkyl carbamates (subject to hydrolysis) is 2. The highest BCUT2D eigenvalue weighted by Crippen LogP contribution is 2.50. The van der Waals surface area contributed by atoms with Crippen LogP contribution in [0, 0.1) is 23.5 Å². The van der Waals surface area contributed by atoms with Gasteiger partial charge in [0.15, 0.2) is 0 Å². The van der Waals surface area contributed by atoms with Crippen molar-refractivity contribution in [1.29, 1.82) is 0 Å². The number of rotatable bonds is 13. The van der Waals surface area contributed by atoms with Crippen LogP contribution in [0.4, 0.5) is 18.4 Å². The van der Waals surface area contributed by atoms with Crippen molar-refractivity contribution >= 4 is 24.1 Å². The third-order valence-corrected chi connectivity index (χ3v) is 14.2. The highest BCUT2D eigenvalue weighted by atomic mass is 19.1. The summed E-state index contributed by atoms with van der Waals surface area (Å²) < 4.78 is 54.3. The molecule has 6 rings (SSSR count). The Balaban J connectivity index is 0.958. The monoisotopic (exact) mass is 893 g/mol. The minimum absolute atomic E-state index is 0.0675. The molecule has 1 unspecified atom stereocenters. The molecule has 64 heavy (non-hydrogen) atoms. The van der Waals surface area contributed by atoms with Gasteiger partial charge in [0.05, 0.1) is 0 Å². The molecular weight excluding hydrogens is 819 g/mol. The van der Waals surface area contributed by atoms with Crippen molar-refractivity contribution in [3.63, 3.8) is 0 Å². The molecule has 0 spiro atoms. The van der Waals surface area contributed by atoms with Crippen LogP contribution in [-0.2, 0) is 42.7 Å². The molecule has 0 heterocycles. The molecule has 0 aliphatic heterocycles. The third-order valence-electron chi connectivity index (χ3n) is 14.2. The molecule has 4 aliphatic carbocycles. The van der Waals surface area contributed by atoms with E-state index in [0.29, 0.717) is 36.8 Å². The fourth-order valence-corrected chi connectivity index (χ4v) is 11.2. The average Bonchev–Trinajstić information content (AvgIpc) is 3.17. The molecule has 354 valence electrons. The van der Waals surface area contributed by atoms with Gasteiger partial charge in [-0.15, -0.1) is 0 Å². The van der Waals surface area contributed by atoms with Crippen molar-refractivity contribution in [2.75, 3.05) is 0 Å². The molecule has 2 fully saturated rings. The van der Waals surface area contributed by atoms with E-state index in [0.717, 1.165) is 101 Å². The third kappa shape index (κ3) is 12.4. The van der Waals surface area contributed by atoms with Gasteiger partial charge < -0.3 is 29.6 Å². The van der Waals surface area contributed by atoms with Gasteiger partial charge in [-0.2, -0.15) is 0 Å². The first-order valence-corrected chi connectivity index (χ1v) is 24.2. The van der Waals surface area contributed by atoms with E-state index in [-0.39, 0.29) is 59.9 Å². The number of hydrogen-bond acceptors (Lipinski definition) is 8. The van der Waals surface area contributed by atoms with Gasteiger partial charge in [-0.25, -0.2) is 18.4 Å². The van der Waals surface area contributed by atoms with Gasteiger partial charge in [0.25, 0.3) is 0 Å². The number of benzene rings is 2. The zero-order chi connectivity index (χ0) is 46.5. The Hall–Kier alpha value is -4.22. The maximum atomic E-state index is 15.8. The number of carbonyl (C=O) groups excluding carboxylic acids is 4. The topological polar surface area (TPSA) is 129 Å². The zero-order valence-electron chi connectivity index (χ0n) is 39.8. The lowest BCUT2D eigenvalue weighted by Gasteiger charge is -2.49. The highest BCUT2D eigenvalue weighted by molar-refractivity contribution is 5.73. The first-order valence-electron chi connectivity index (χ1n) is 24.2. The van der Waals surface area contributed by atoms with Crippen LogP contribution in [-0.4, -0.2) is 47.4 Å². The van der Waals surface area contributed by atoms with Crippen molar-refractivity contribution in [2.45, 2.75) is 218 Å². The minimum atomic E-state index is -0.646. The number of halogens is 2. The van der Waals surface area contributed by atoms with Crippen LogP contribution in [0.5, 0.6) is 11.5 Å². The van der Waals surface area contributed by atoms with E-state index in [1.807, 2.05) is 41.5 Å². The summed E-state index contributed by atoms with van der Waals surface area (Å²) in [6, 6.07) is 5.77. The van der Waals surface area contributed by atoms with Crippen molar-refractivity contribution in [2.24, 2.45) is 11.8 Å². The van der Waals surface area contributed by atoms with Gasteiger partial charge in [0.2, 0.25) is 0 Å². The number of nitrogens with one attached hydrogen (secondary N) is 2. The number of unbranched alkanes of at least 4 members (excludes halogenated alkanes) is 5. The fraction of sp³-hybridized carbons (Fsp3) is 0.692. The molecule has 2 aromatic rings. The maximum Gasteiger partial charge on any atom is 0.407 e. The Kier molecular flexibility index (Phi) is 15.8. The molecule has 2 saturated carbocycles. The number of hydrogen-bond donors (Lipinski definition) is 2. The maximum absolute atomic E-state index is 15.8. The van der Waals surface area contributed by atoms with Crippen LogP contribution >= 0.6 is 0 Å². The first kappa shape index (κ1) is 49.2. The lowest BCUT2D eigenvalue weighted by atomic mass is 9.59. The largest absolute Gasteiger partial charge is 0.444 e. The van der Waals surface area contributed by atoms with Gasteiger partial charge in [0, 0.05) is 47.9 Å². The van der Waals surface area contributed by atoms with Crippen LogP contribution < -0.4 is 20.1 Å². The quantitative estimate of drug-likeness (QED) is 0.116. The molecule has 2 amide bonds. The summed E-state index contributed by atoms with van der Waals surface area (Å²) in [5.74, 6) is -1.08. The molecule has 0 radical (unpaired) electrons. The number of amides is 2. The fourth-order valence-electron chi connectivity index (χ4n) is 11.2. The van der Waals surface area contributed by atoms with E-state index in [2.05, 4.69) is 24.5 Å². The van der Waals surface area contributed by atoms with Crippen molar-refractivity contribution in [1.82, 2.24) is 10.6 Å². The summed E-state index contributed by atoms with van der Waals surface area (Å²) in [6.07, 6.45) is 14.4. The Morgan fingerprint density at radius 1 is 0.578 bits per heavy atom. The molecule has 10 nitrogen and oxygen atoms in total. The van der Waals surface area contributed by atoms with E-state index in [1.165, 1.54) is 12.1 Å². The summed E-state index contributed by atoms with van der Waals surface area (Å²) in [5, 5.41) is 6.33. The predicted octanol–water partition coefficient (Wildman–Crippen LogP) is 12.2. The number of fused-ring (bicyclic) bond motifs is 8. The first-order chi connectivity index (χ1) is 30.1. The van der Waals surface area contributed by atoms with E-state index < -0.39 is 46.2 Å². The number of ether oxygens (including phenoxy) is 4. The lowest BCUT2D eigenvalue weighted by Crippen LogP contribution is -2.57. The standard InChI is InChI=1S/C52H74F2N2O8/c1-49(2,3)63-47(59)55-45-33-21-15-13-19-25-51(45,7)39-29-35(31-41(53)37(39)27-33)61-43(57)23-17-11-9-10-12-18-24-44(58)62-36-30-40-38(42(54)32-36)28-34-22-16-14-20-26-52(40,8)46(34)56-48(60)64-50(4,5)6/h29-34,45-46H,9-28H2,1-8H3,(H,55,59)(H,56,60)/t33-,34?,45-,46-,51+,52+/m0/s1. The molecule has 0 saturated heterocycles. The van der Waals surface area contributed by atoms with Gasteiger partial charge in [-0.1, -0.05) is 78.1 Å². The summed E-state index contributed by atoms with van der Waals surface area (Å²) in [5.41, 5.74) is 0.459. The Morgan fingerprint density at radius 3 is 1.33 bits per heavy atom. The second-order valence-corrected chi connectivity index (χ2v) is 21.6. The smallest absolute Gasteiger partial charge is 0.407 e. The van der Waals surface area contributed by atoms with Crippen LogP contribution in [0.2, 0.25) is 0 Å². The van der Waals surface area contributed by atoms with E-state index in [4.69, 9.17) is 18.9 Å². The molecule has 12 heteroatoms. The van der Waals surface area contributed by atoms with Crippen LogP contribution in [0.25, 0.3) is 0 Å². The minimum Gasteiger partial charge on any atom is -0.444 e. The van der Waals surface area contributed by atoms with Crippen molar-refractivity contribution in [3.05, 3.63) is 58.2 Å². The van der Waals surface area contributed by atoms with Crippen LogP contribution in [0.3, 0.4) is 0 Å². The molecular formula is C52H74F2N2O8. The predicted molar refractivity (Wildman–Crippen MR) is 243 cm³/mol. The number of esters is 2. The average molecular weight is 893 g/mol. The molecule has 2 aromatic carbocycles. The Labute approximate surface area is 380 Å². The van der Waals surface area contributed by atoms with Gasteiger partial charge in [-0.05, 0) is 139 Å². The molecule has 4 bridgehead atoms. The van der Waals surface area contributed by atoms with Gasteiger partial charge in [0.1, 0.15) is 34.3 Å².